The molecular weight excluding hydrogens is 382 g/mol. The fourth-order valence-electron chi connectivity index (χ4n) is 4.49. The van der Waals surface area contributed by atoms with Crippen molar-refractivity contribution in [3.63, 3.8) is 0 Å². The summed E-state index contributed by atoms with van der Waals surface area (Å²) in [6.07, 6.45) is 2.23. The SMILES string of the molecule is Cc1ccc(Cn2cccc2C[NH+](CC[NH+]2CCOCC2)Cc2ccccc2C)cc1. The maximum Gasteiger partial charge on any atom is 0.127 e. The van der Waals surface area contributed by atoms with E-state index in [1.807, 2.05) is 0 Å². The van der Waals surface area contributed by atoms with E-state index in [1.165, 1.54) is 41.0 Å². The van der Waals surface area contributed by atoms with Crippen molar-refractivity contribution < 1.29 is 14.5 Å². The van der Waals surface area contributed by atoms with Crippen LogP contribution in [0.2, 0.25) is 0 Å². The van der Waals surface area contributed by atoms with E-state index in [0.29, 0.717) is 0 Å². The van der Waals surface area contributed by atoms with Crippen molar-refractivity contribution in [1.29, 1.82) is 0 Å². The highest BCUT2D eigenvalue weighted by atomic mass is 16.5. The van der Waals surface area contributed by atoms with E-state index in [1.54, 1.807) is 9.80 Å². The summed E-state index contributed by atoms with van der Waals surface area (Å²) >= 11 is 0. The smallest absolute Gasteiger partial charge is 0.127 e. The number of aryl methyl sites for hydroxylation is 2. The van der Waals surface area contributed by atoms with Gasteiger partial charge in [0.15, 0.2) is 0 Å². The zero-order chi connectivity index (χ0) is 21.5. The molecule has 3 aromatic rings. The summed E-state index contributed by atoms with van der Waals surface area (Å²) < 4.78 is 7.97. The van der Waals surface area contributed by atoms with E-state index >= 15 is 0 Å². The molecule has 2 heterocycles. The lowest BCUT2D eigenvalue weighted by molar-refractivity contribution is -0.975. The molecule has 0 aliphatic carbocycles. The first kappa shape index (κ1) is 21.8. The molecule has 1 unspecified atom stereocenters. The molecule has 1 aliphatic heterocycles. The minimum atomic E-state index is 0.905. The Morgan fingerprint density at radius 2 is 1.68 bits per heavy atom. The number of hydrogen-bond acceptors (Lipinski definition) is 1. The summed E-state index contributed by atoms with van der Waals surface area (Å²) in [4.78, 5) is 3.32. The molecule has 0 bridgehead atoms. The molecule has 164 valence electrons. The van der Waals surface area contributed by atoms with Crippen LogP contribution in [0.5, 0.6) is 0 Å². The Morgan fingerprint density at radius 3 is 2.45 bits per heavy atom. The Kier molecular flexibility index (Phi) is 7.57. The predicted octanol–water partition coefficient (Wildman–Crippen LogP) is 1.65. The molecule has 4 nitrogen and oxygen atoms in total. The zero-order valence-electron chi connectivity index (χ0n) is 19.1. The lowest BCUT2D eigenvalue weighted by atomic mass is 10.1. The number of ether oxygens (including phenoxy) is 1. The molecular formula is C27H37N3O+2. The van der Waals surface area contributed by atoms with E-state index in [9.17, 15) is 0 Å². The van der Waals surface area contributed by atoms with Crippen LogP contribution in [-0.4, -0.2) is 44.0 Å². The van der Waals surface area contributed by atoms with Crippen molar-refractivity contribution in [1.82, 2.24) is 4.57 Å². The molecule has 0 amide bonds. The first-order valence-corrected chi connectivity index (χ1v) is 11.7. The molecule has 1 fully saturated rings. The highest BCUT2D eigenvalue weighted by Gasteiger charge is 2.19. The molecule has 0 radical (unpaired) electrons. The van der Waals surface area contributed by atoms with Crippen molar-refractivity contribution in [3.05, 3.63) is 94.8 Å². The van der Waals surface area contributed by atoms with Gasteiger partial charge in [-0.3, -0.25) is 0 Å². The van der Waals surface area contributed by atoms with Crippen LogP contribution in [0.25, 0.3) is 0 Å². The second kappa shape index (κ2) is 10.8. The standard InChI is InChI=1S/C27H35N3O/c1-23-9-11-25(12-10-23)20-30-13-5-8-27(30)22-29(15-14-28-16-18-31-19-17-28)21-26-7-4-3-6-24(26)2/h3-13H,14-22H2,1-2H3/p+2. The predicted molar refractivity (Wildman–Crippen MR) is 126 cm³/mol. The lowest BCUT2D eigenvalue weighted by Gasteiger charge is -2.27. The molecule has 4 heteroatoms. The van der Waals surface area contributed by atoms with E-state index in [-0.39, 0.29) is 0 Å². The first-order chi connectivity index (χ1) is 15.2. The van der Waals surface area contributed by atoms with Crippen LogP contribution >= 0.6 is 0 Å². The van der Waals surface area contributed by atoms with Gasteiger partial charge in [-0.1, -0.05) is 54.1 Å². The van der Waals surface area contributed by atoms with Gasteiger partial charge in [0.2, 0.25) is 0 Å². The Hall–Kier alpha value is -2.40. The summed E-state index contributed by atoms with van der Waals surface area (Å²) in [5, 5.41) is 0. The molecule has 1 aliphatic rings. The average molecular weight is 420 g/mol. The molecule has 1 atom stereocenters. The summed E-state index contributed by atoms with van der Waals surface area (Å²) in [7, 11) is 0. The third-order valence-electron chi connectivity index (χ3n) is 6.56. The van der Waals surface area contributed by atoms with Crippen molar-refractivity contribution >= 4 is 0 Å². The Balaban J connectivity index is 1.46. The van der Waals surface area contributed by atoms with Gasteiger partial charge in [0.25, 0.3) is 0 Å². The molecule has 2 aromatic carbocycles. The molecule has 2 N–H and O–H groups in total. The fraction of sp³-hybridized carbons (Fsp3) is 0.407. The average Bonchev–Trinajstić information content (AvgIpc) is 3.22. The normalized spacial score (nSPS) is 15.8. The lowest BCUT2D eigenvalue weighted by Crippen LogP contribution is -3.20. The van der Waals surface area contributed by atoms with Gasteiger partial charge in [-0.2, -0.15) is 0 Å². The molecule has 0 spiro atoms. The second-order valence-electron chi connectivity index (χ2n) is 9.01. The number of nitrogens with zero attached hydrogens (tertiary/aromatic N) is 1. The summed E-state index contributed by atoms with van der Waals surface area (Å²) in [6, 6.07) is 22.3. The van der Waals surface area contributed by atoms with E-state index < -0.39 is 0 Å². The van der Waals surface area contributed by atoms with Crippen LogP contribution in [0.15, 0.2) is 66.9 Å². The summed E-state index contributed by atoms with van der Waals surface area (Å²) in [6.45, 7) is 13.9. The van der Waals surface area contributed by atoms with Gasteiger partial charge in [0.1, 0.15) is 39.3 Å². The van der Waals surface area contributed by atoms with Gasteiger partial charge in [-0.05, 0) is 37.1 Å². The molecule has 4 rings (SSSR count). The third-order valence-corrected chi connectivity index (χ3v) is 6.56. The zero-order valence-corrected chi connectivity index (χ0v) is 19.1. The Morgan fingerprint density at radius 1 is 0.903 bits per heavy atom. The number of nitrogens with one attached hydrogen (secondary N) is 2. The monoisotopic (exact) mass is 419 g/mol. The summed E-state index contributed by atoms with van der Waals surface area (Å²) in [5.41, 5.74) is 6.96. The highest BCUT2D eigenvalue weighted by Crippen LogP contribution is 2.10. The quantitative estimate of drug-likeness (QED) is 0.541. The third kappa shape index (κ3) is 6.30. The van der Waals surface area contributed by atoms with Crippen molar-refractivity contribution in [2.75, 3.05) is 39.4 Å². The van der Waals surface area contributed by atoms with Crippen LogP contribution < -0.4 is 9.80 Å². The maximum absolute atomic E-state index is 5.55. The second-order valence-corrected chi connectivity index (χ2v) is 9.01. The topological polar surface area (TPSA) is 23.0 Å². The molecule has 1 saturated heterocycles. The van der Waals surface area contributed by atoms with Gasteiger partial charge < -0.3 is 19.1 Å². The number of morpholine rings is 1. The van der Waals surface area contributed by atoms with Crippen molar-refractivity contribution in [2.24, 2.45) is 0 Å². The van der Waals surface area contributed by atoms with Gasteiger partial charge in [0, 0.05) is 18.3 Å². The molecule has 0 saturated carbocycles. The summed E-state index contributed by atoms with van der Waals surface area (Å²) in [5.74, 6) is 0. The van der Waals surface area contributed by atoms with Crippen LogP contribution in [0, 0.1) is 13.8 Å². The van der Waals surface area contributed by atoms with Crippen LogP contribution in [0.4, 0.5) is 0 Å². The van der Waals surface area contributed by atoms with Crippen molar-refractivity contribution in [3.8, 4) is 0 Å². The van der Waals surface area contributed by atoms with Crippen LogP contribution in [0.3, 0.4) is 0 Å². The van der Waals surface area contributed by atoms with E-state index in [0.717, 1.165) is 45.9 Å². The fourth-order valence-corrected chi connectivity index (χ4v) is 4.49. The minimum absolute atomic E-state index is 0.905. The van der Waals surface area contributed by atoms with Crippen molar-refractivity contribution in [2.45, 2.75) is 33.5 Å². The first-order valence-electron chi connectivity index (χ1n) is 11.7. The number of quaternary nitrogens is 2. The van der Waals surface area contributed by atoms with Gasteiger partial charge in [-0.25, -0.2) is 0 Å². The number of rotatable bonds is 9. The maximum atomic E-state index is 5.55. The minimum Gasteiger partial charge on any atom is -0.370 e. The number of benzene rings is 2. The van der Waals surface area contributed by atoms with Gasteiger partial charge in [0.05, 0.1) is 18.9 Å². The van der Waals surface area contributed by atoms with Crippen LogP contribution in [0.1, 0.15) is 27.9 Å². The molecule has 31 heavy (non-hydrogen) atoms. The van der Waals surface area contributed by atoms with Gasteiger partial charge in [-0.15, -0.1) is 0 Å². The number of hydrogen-bond donors (Lipinski definition) is 2. The Bertz CT molecular complexity index is 941. The van der Waals surface area contributed by atoms with Crippen LogP contribution in [-0.2, 0) is 24.4 Å². The van der Waals surface area contributed by atoms with E-state index in [4.69, 9.17) is 4.74 Å². The highest BCUT2D eigenvalue weighted by molar-refractivity contribution is 5.25. The Labute approximate surface area is 187 Å². The largest absolute Gasteiger partial charge is 0.370 e. The van der Waals surface area contributed by atoms with Gasteiger partial charge >= 0.3 is 0 Å². The molecule has 1 aromatic heterocycles. The number of aromatic nitrogens is 1. The van der Waals surface area contributed by atoms with E-state index in [2.05, 4.69) is 85.3 Å².